The lowest BCUT2D eigenvalue weighted by Gasteiger charge is -2.30. The summed E-state index contributed by atoms with van der Waals surface area (Å²) in [4.78, 5) is 0. The Balaban J connectivity index is 4.56. The van der Waals surface area contributed by atoms with Gasteiger partial charge in [-0.05, 0) is 0 Å². The van der Waals surface area contributed by atoms with Crippen molar-refractivity contribution >= 4 is 0 Å². The van der Waals surface area contributed by atoms with Gasteiger partial charge < -0.3 is 10.1 Å². The molecule has 0 amide bonds. The Kier molecular flexibility index (Phi) is 6.13. The Hall–Kier alpha value is -0.500. The van der Waals surface area contributed by atoms with E-state index in [1.54, 1.807) is 0 Å². The second kappa shape index (κ2) is 6.30. The van der Waals surface area contributed by atoms with Crippen LogP contribution in [0.5, 0.6) is 0 Å². The molecule has 0 saturated carbocycles. The van der Waals surface area contributed by atoms with Gasteiger partial charge >= 0.3 is 12.4 Å². The SMILES string of the molecule is CC(C)NCC(C)(C)COC(C(F)(F)F)C(F)(F)F. The van der Waals surface area contributed by atoms with Crippen molar-refractivity contribution in [3.8, 4) is 0 Å². The van der Waals surface area contributed by atoms with E-state index in [2.05, 4.69) is 10.1 Å². The molecular weight excluding hydrogens is 276 g/mol. The molecular formula is C11H19F6NO. The summed E-state index contributed by atoms with van der Waals surface area (Å²) in [7, 11) is 0. The molecule has 0 aliphatic heterocycles. The highest BCUT2D eigenvalue weighted by atomic mass is 19.4. The molecule has 0 heterocycles. The van der Waals surface area contributed by atoms with Gasteiger partial charge in [0.15, 0.2) is 0 Å². The summed E-state index contributed by atoms with van der Waals surface area (Å²) in [5, 5.41) is 2.94. The van der Waals surface area contributed by atoms with Crippen LogP contribution in [0.1, 0.15) is 27.7 Å². The minimum absolute atomic E-state index is 0.0836. The number of alkyl halides is 6. The van der Waals surface area contributed by atoms with Crippen molar-refractivity contribution in [2.45, 2.75) is 52.2 Å². The average molecular weight is 295 g/mol. The molecule has 19 heavy (non-hydrogen) atoms. The van der Waals surface area contributed by atoms with Crippen molar-refractivity contribution < 1.29 is 31.1 Å². The van der Waals surface area contributed by atoms with Crippen LogP contribution in [0.15, 0.2) is 0 Å². The molecule has 0 aromatic carbocycles. The van der Waals surface area contributed by atoms with E-state index in [1.807, 2.05) is 13.8 Å². The van der Waals surface area contributed by atoms with E-state index in [0.717, 1.165) is 0 Å². The first-order valence-corrected chi connectivity index (χ1v) is 5.74. The lowest BCUT2D eigenvalue weighted by Crippen LogP contribution is -2.47. The van der Waals surface area contributed by atoms with Gasteiger partial charge in [0, 0.05) is 18.0 Å². The lowest BCUT2D eigenvalue weighted by atomic mass is 9.94. The maximum Gasteiger partial charge on any atom is 0.423 e. The van der Waals surface area contributed by atoms with Crippen molar-refractivity contribution in [2.24, 2.45) is 5.41 Å². The zero-order chi connectivity index (χ0) is 15.5. The highest BCUT2D eigenvalue weighted by Gasteiger charge is 2.58. The van der Waals surface area contributed by atoms with Gasteiger partial charge in [0.25, 0.3) is 0 Å². The second-order valence-corrected chi connectivity index (χ2v) is 5.47. The Morgan fingerprint density at radius 2 is 1.37 bits per heavy atom. The molecule has 0 radical (unpaired) electrons. The third-order valence-corrected chi connectivity index (χ3v) is 2.22. The van der Waals surface area contributed by atoms with Gasteiger partial charge in [-0.3, -0.25) is 0 Å². The summed E-state index contributed by atoms with van der Waals surface area (Å²) in [6.45, 7) is 6.33. The van der Waals surface area contributed by atoms with Gasteiger partial charge in [0.05, 0.1) is 6.61 Å². The molecule has 0 aliphatic rings. The number of ether oxygens (including phenoxy) is 1. The van der Waals surface area contributed by atoms with E-state index in [9.17, 15) is 26.3 Å². The van der Waals surface area contributed by atoms with Crippen LogP contribution >= 0.6 is 0 Å². The quantitative estimate of drug-likeness (QED) is 0.757. The van der Waals surface area contributed by atoms with Crippen molar-refractivity contribution in [2.75, 3.05) is 13.2 Å². The van der Waals surface area contributed by atoms with Gasteiger partial charge in [-0.2, -0.15) is 26.3 Å². The maximum absolute atomic E-state index is 12.2. The molecule has 0 unspecified atom stereocenters. The van der Waals surface area contributed by atoms with Crippen LogP contribution in [0.25, 0.3) is 0 Å². The van der Waals surface area contributed by atoms with E-state index in [-0.39, 0.29) is 12.6 Å². The fourth-order valence-electron chi connectivity index (χ4n) is 1.21. The van der Waals surface area contributed by atoms with E-state index in [1.165, 1.54) is 13.8 Å². The third kappa shape index (κ3) is 7.61. The standard InChI is InChI=1S/C11H19F6NO/c1-7(2)18-5-9(3,4)6-19-8(10(12,13)14)11(15,16)17/h7-8,18H,5-6H2,1-4H3. The fourth-order valence-corrected chi connectivity index (χ4v) is 1.21. The van der Waals surface area contributed by atoms with Crippen molar-refractivity contribution in [1.82, 2.24) is 5.32 Å². The van der Waals surface area contributed by atoms with Crippen molar-refractivity contribution in [1.29, 1.82) is 0 Å². The molecule has 0 aromatic heterocycles. The molecule has 0 bridgehead atoms. The second-order valence-electron chi connectivity index (χ2n) is 5.47. The minimum atomic E-state index is -5.46. The molecule has 0 atom stereocenters. The van der Waals surface area contributed by atoms with Crippen LogP contribution in [0.3, 0.4) is 0 Å². The summed E-state index contributed by atoms with van der Waals surface area (Å²) >= 11 is 0. The molecule has 0 fully saturated rings. The van der Waals surface area contributed by atoms with Crippen molar-refractivity contribution in [3.63, 3.8) is 0 Å². The normalized spacial score (nSPS) is 14.5. The Morgan fingerprint density at radius 3 is 1.68 bits per heavy atom. The summed E-state index contributed by atoms with van der Waals surface area (Å²) in [6.07, 6.45) is -14.7. The first-order chi connectivity index (χ1) is 8.26. The predicted molar refractivity (Wildman–Crippen MR) is 58.8 cm³/mol. The molecule has 1 N–H and O–H groups in total. The van der Waals surface area contributed by atoms with Crippen LogP contribution in [0, 0.1) is 5.41 Å². The largest absolute Gasteiger partial charge is 0.423 e. The number of hydrogen-bond acceptors (Lipinski definition) is 2. The van der Waals surface area contributed by atoms with Crippen LogP contribution in [-0.4, -0.2) is 37.7 Å². The lowest BCUT2D eigenvalue weighted by molar-refractivity contribution is -0.325. The van der Waals surface area contributed by atoms with E-state index in [4.69, 9.17) is 0 Å². The fraction of sp³-hybridized carbons (Fsp3) is 1.00. The molecule has 0 aliphatic carbocycles. The molecule has 8 heteroatoms. The van der Waals surface area contributed by atoms with Gasteiger partial charge in [-0.15, -0.1) is 0 Å². The molecule has 0 saturated heterocycles. The van der Waals surface area contributed by atoms with Gasteiger partial charge in [-0.1, -0.05) is 27.7 Å². The third-order valence-electron chi connectivity index (χ3n) is 2.22. The minimum Gasteiger partial charge on any atom is -0.360 e. The molecule has 0 rings (SSSR count). The predicted octanol–water partition coefficient (Wildman–Crippen LogP) is 3.52. The van der Waals surface area contributed by atoms with E-state index >= 15 is 0 Å². The average Bonchev–Trinajstić information content (AvgIpc) is 2.10. The first kappa shape index (κ1) is 18.5. The number of halogens is 6. The molecule has 116 valence electrons. The van der Waals surface area contributed by atoms with Crippen LogP contribution in [-0.2, 0) is 4.74 Å². The first-order valence-electron chi connectivity index (χ1n) is 5.74. The van der Waals surface area contributed by atoms with Crippen LogP contribution in [0.4, 0.5) is 26.3 Å². The van der Waals surface area contributed by atoms with Gasteiger partial charge in [-0.25, -0.2) is 0 Å². The summed E-state index contributed by atoms with van der Waals surface area (Å²) in [6, 6.07) is 0.0836. The van der Waals surface area contributed by atoms with E-state index in [0.29, 0.717) is 0 Å². The highest BCUT2D eigenvalue weighted by Crippen LogP contribution is 2.36. The van der Waals surface area contributed by atoms with E-state index < -0.39 is 30.5 Å². The number of nitrogens with one attached hydrogen (secondary N) is 1. The van der Waals surface area contributed by atoms with Gasteiger partial charge in [0.2, 0.25) is 6.10 Å². The summed E-state index contributed by atoms with van der Waals surface area (Å²) in [5.74, 6) is 0. The topological polar surface area (TPSA) is 21.3 Å². The zero-order valence-corrected chi connectivity index (χ0v) is 11.2. The molecule has 2 nitrogen and oxygen atoms in total. The maximum atomic E-state index is 12.2. The monoisotopic (exact) mass is 295 g/mol. The summed E-state index contributed by atoms with van der Waals surface area (Å²) in [5.41, 5.74) is -0.834. The smallest absolute Gasteiger partial charge is 0.360 e. The Morgan fingerprint density at radius 1 is 0.947 bits per heavy atom. The van der Waals surface area contributed by atoms with Gasteiger partial charge in [0.1, 0.15) is 0 Å². The zero-order valence-electron chi connectivity index (χ0n) is 11.2. The Labute approximate surface area is 108 Å². The van der Waals surface area contributed by atoms with Crippen LogP contribution < -0.4 is 5.32 Å². The van der Waals surface area contributed by atoms with Crippen LogP contribution in [0.2, 0.25) is 0 Å². The summed E-state index contributed by atoms with van der Waals surface area (Å²) < 4.78 is 77.5. The molecule has 0 spiro atoms. The van der Waals surface area contributed by atoms with Crippen molar-refractivity contribution in [3.05, 3.63) is 0 Å². The number of rotatable bonds is 6. The highest BCUT2D eigenvalue weighted by molar-refractivity contribution is 4.79. The number of hydrogen-bond donors (Lipinski definition) is 1. The molecule has 0 aromatic rings. The Bertz CT molecular complexity index is 257.